The summed E-state index contributed by atoms with van der Waals surface area (Å²) in [7, 11) is 1.79. The zero-order chi connectivity index (χ0) is 18.7. The Balaban J connectivity index is 1.87. The Hall–Kier alpha value is -1.11. The van der Waals surface area contributed by atoms with Crippen LogP contribution >= 0.6 is 15.9 Å². The number of guanidine groups is 1. The number of aliphatic imine (C=N–C) groups is 1. The highest BCUT2D eigenvalue weighted by Crippen LogP contribution is 2.63. The van der Waals surface area contributed by atoms with Gasteiger partial charge in [-0.15, -0.1) is 0 Å². The molecule has 0 saturated heterocycles. The van der Waals surface area contributed by atoms with Gasteiger partial charge in [-0.2, -0.15) is 0 Å². The van der Waals surface area contributed by atoms with Crippen LogP contribution < -0.4 is 5.73 Å². The second kappa shape index (κ2) is 6.21. The maximum Gasteiger partial charge on any atom is 0.194 e. The summed E-state index contributed by atoms with van der Waals surface area (Å²) in [5.74, 6) is 0.452. The van der Waals surface area contributed by atoms with Gasteiger partial charge in [0, 0.05) is 23.0 Å². The summed E-state index contributed by atoms with van der Waals surface area (Å²) >= 11 is 3.61. The standard InChI is InChI=1S/C20H28BrN3O2/c1-12(2)24-17(25)20(23-18(24)22)16-10-14(21)5-4-13(16)11-19(20)8-6-15(26-3)7-9-19/h4-5,10,12,15,17,25H,6-9,11H2,1-3H3,(H2,22,23). The Kier molecular flexibility index (Phi) is 4.36. The third-order valence-corrected chi connectivity index (χ3v) is 7.29. The summed E-state index contributed by atoms with van der Waals surface area (Å²) in [5, 5.41) is 11.5. The monoisotopic (exact) mass is 421 g/mol. The average Bonchev–Trinajstić information content (AvgIpc) is 3.02. The summed E-state index contributed by atoms with van der Waals surface area (Å²) in [5.41, 5.74) is 7.94. The number of hydrogen-bond acceptors (Lipinski definition) is 5. The van der Waals surface area contributed by atoms with Gasteiger partial charge in [0.1, 0.15) is 5.54 Å². The number of rotatable bonds is 2. The average molecular weight is 422 g/mol. The first-order valence-electron chi connectivity index (χ1n) is 9.48. The molecule has 0 radical (unpaired) electrons. The van der Waals surface area contributed by atoms with E-state index in [1.165, 1.54) is 5.56 Å². The normalized spacial score (nSPS) is 36.2. The van der Waals surface area contributed by atoms with Crippen LogP contribution in [-0.4, -0.2) is 41.4 Å². The van der Waals surface area contributed by atoms with Crippen LogP contribution in [0.15, 0.2) is 27.7 Å². The van der Waals surface area contributed by atoms with E-state index in [0.717, 1.165) is 42.1 Å². The van der Waals surface area contributed by atoms with E-state index in [0.29, 0.717) is 12.1 Å². The van der Waals surface area contributed by atoms with Crippen LogP contribution in [0, 0.1) is 5.41 Å². The van der Waals surface area contributed by atoms with Crippen molar-refractivity contribution in [1.29, 1.82) is 0 Å². The molecule has 1 aromatic rings. The van der Waals surface area contributed by atoms with E-state index in [-0.39, 0.29) is 11.5 Å². The maximum absolute atomic E-state index is 11.5. The molecule has 1 saturated carbocycles. The van der Waals surface area contributed by atoms with Gasteiger partial charge in [-0.3, -0.25) is 0 Å². The molecule has 4 rings (SSSR count). The van der Waals surface area contributed by atoms with Crippen LogP contribution in [0.25, 0.3) is 0 Å². The van der Waals surface area contributed by atoms with Crippen molar-refractivity contribution in [2.75, 3.05) is 7.11 Å². The highest BCUT2D eigenvalue weighted by Gasteiger charge is 2.66. The fourth-order valence-corrected chi connectivity index (χ4v) is 5.90. The van der Waals surface area contributed by atoms with Crippen LogP contribution in [0.1, 0.15) is 50.7 Å². The number of fused-ring (bicyclic) bond motifs is 3. The number of aliphatic hydroxyl groups is 1. The number of aliphatic hydroxyl groups excluding tert-OH is 1. The van der Waals surface area contributed by atoms with E-state index in [4.69, 9.17) is 15.5 Å². The van der Waals surface area contributed by atoms with Crippen molar-refractivity contribution in [3.05, 3.63) is 33.8 Å². The Morgan fingerprint density at radius 2 is 2.04 bits per heavy atom. The van der Waals surface area contributed by atoms with Crippen LogP contribution in [0.3, 0.4) is 0 Å². The van der Waals surface area contributed by atoms with E-state index in [9.17, 15) is 5.11 Å². The predicted molar refractivity (Wildman–Crippen MR) is 106 cm³/mol. The zero-order valence-electron chi connectivity index (χ0n) is 15.7. The molecule has 26 heavy (non-hydrogen) atoms. The Labute approximate surface area is 163 Å². The van der Waals surface area contributed by atoms with E-state index < -0.39 is 11.8 Å². The van der Waals surface area contributed by atoms with Crippen molar-refractivity contribution in [2.45, 2.75) is 69.9 Å². The molecule has 2 unspecified atom stereocenters. The highest BCUT2D eigenvalue weighted by atomic mass is 79.9. The molecule has 3 aliphatic rings. The third kappa shape index (κ3) is 2.31. The van der Waals surface area contributed by atoms with E-state index >= 15 is 0 Å². The van der Waals surface area contributed by atoms with Crippen molar-refractivity contribution >= 4 is 21.9 Å². The molecule has 5 nitrogen and oxygen atoms in total. The number of hydrogen-bond donors (Lipinski definition) is 2. The maximum atomic E-state index is 11.5. The fourth-order valence-electron chi connectivity index (χ4n) is 5.54. The van der Waals surface area contributed by atoms with Gasteiger partial charge in [-0.1, -0.05) is 22.0 Å². The number of nitrogens with zero attached hydrogens (tertiary/aromatic N) is 2. The topological polar surface area (TPSA) is 71.1 Å². The molecule has 2 atom stereocenters. The summed E-state index contributed by atoms with van der Waals surface area (Å²) in [6, 6.07) is 6.49. The van der Waals surface area contributed by atoms with Crippen molar-refractivity contribution in [1.82, 2.24) is 4.90 Å². The van der Waals surface area contributed by atoms with Gasteiger partial charge < -0.3 is 20.5 Å². The first-order chi connectivity index (χ1) is 12.3. The number of methoxy groups -OCH3 is 1. The molecule has 1 aromatic carbocycles. The van der Waals surface area contributed by atoms with Gasteiger partial charge in [-0.05, 0) is 69.2 Å². The lowest BCUT2D eigenvalue weighted by Gasteiger charge is -2.48. The van der Waals surface area contributed by atoms with Crippen molar-refractivity contribution < 1.29 is 9.84 Å². The largest absolute Gasteiger partial charge is 0.381 e. The first-order valence-corrected chi connectivity index (χ1v) is 10.3. The van der Waals surface area contributed by atoms with Crippen molar-refractivity contribution in [3.63, 3.8) is 0 Å². The summed E-state index contributed by atoms with van der Waals surface area (Å²) in [6.07, 6.45) is 4.46. The quantitative estimate of drug-likeness (QED) is 0.769. The molecular formula is C20H28BrN3O2. The molecule has 6 heteroatoms. The smallest absolute Gasteiger partial charge is 0.194 e. The molecule has 0 bridgehead atoms. The van der Waals surface area contributed by atoms with Gasteiger partial charge >= 0.3 is 0 Å². The van der Waals surface area contributed by atoms with Crippen LogP contribution in [0.4, 0.5) is 0 Å². The molecule has 1 fully saturated rings. The summed E-state index contributed by atoms with van der Waals surface area (Å²) < 4.78 is 6.62. The lowest BCUT2D eigenvalue weighted by Crippen LogP contribution is -2.56. The third-order valence-electron chi connectivity index (χ3n) is 6.79. The molecule has 2 spiro atoms. The van der Waals surface area contributed by atoms with E-state index in [1.54, 1.807) is 7.11 Å². The SMILES string of the molecule is COC1CCC2(CC1)Cc1ccc(Br)cc1C21N=C(N)N(C(C)C)C1O. The highest BCUT2D eigenvalue weighted by molar-refractivity contribution is 9.10. The minimum absolute atomic E-state index is 0.0942. The minimum Gasteiger partial charge on any atom is -0.381 e. The molecule has 142 valence electrons. The molecule has 1 heterocycles. The second-order valence-electron chi connectivity index (χ2n) is 8.30. The van der Waals surface area contributed by atoms with Gasteiger partial charge in [0.25, 0.3) is 0 Å². The summed E-state index contributed by atoms with van der Waals surface area (Å²) in [6.45, 7) is 4.10. The Morgan fingerprint density at radius 1 is 1.35 bits per heavy atom. The zero-order valence-corrected chi connectivity index (χ0v) is 17.3. The lowest BCUT2D eigenvalue weighted by molar-refractivity contribution is -0.0879. The van der Waals surface area contributed by atoms with Gasteiger partial charge in [-0.25, -0.2) is 4.99 Å². The molecule has 1 aliphatic heterocycles. The van der Waals surface area contributed by atoms with E-state index in [2.05, 4.69) is 48.0 Å². The minimum atomic E-state index is -0.739. The van der Waals surface area contributed by atoms with Gasteiger partial charge in [0.05, 0.1) is 6.10 Å². The molecule has 0 aromatic heterocycles. The fraction of sp³-hybridized carbons (Fsp3) is 0.650. The van der Waals surface area contributed by atoms with Crippen molar-refractivity contribution in [3.8, 4) is 0 Å². The number of benzene rings is 1. The van der Waals surface area contributed by atoms with Crippen LogP contribution in [-0.2, 0) is 16.7 Å². The predicted octanol–water partition coefficient (Wildman–Crippen LogP) is 3.13. The summed E-state index contributed by atoms with van der Waals surface area (Å²) in [4.78, 5) is 6.90. The number of nitrogens with two attached hydrogens (primary N) is 1. The second-order valence-corrected chi connectivity index (χ2v) is 9.22. The van der Waals surface area contributed by atoms with Crippen LogP contribution in [0.5, 0.6) is 0 Å². The van der Waals surface area contributed by atoms with Crippen molar-refractivity contribution in [2.24, 2.45) is 16.1 Å². The number of halogens is 1. The Bertz CT molecular complexity index is 743. The van der Waals surface area contributed by atoms with E-state index in [1.807, 2.05) is 4.90 Å². The van der Waals surface area contributed by atoms with Gasteiger partial charge in [0.2, 0.25) is 0 Å². The molecule has 3 N–H and O–H groups in total. The van der Waals surface area contributed by atoms with Gasteiger partial charge in [0.15, 0.2) is 12.2 Å². The first kappa shape index (κ1) is 18.3. The number of ether oxygens (including phenoxy) is 1. The Morgan fingerprint density at radius 3 is 2.62 bits per heavy atom. The molecule has 0 amide bonds. The lowest BCUT2D eigenvalue weighted by atomic mass is 9.61. The molecular weight excluding hydrogens is 394 g/mol. The van der Waals surface area contributed by atoms with Crippen LogP contribution in [0.2, 0.25) is 0 Å². The molecule has 2 aliphatic carbocycles.